The zero-order valence-corrected chi connectivity index (χ0v) is 14.7. The fourth-order valence-corrected chi connectivity index (χ4v) is 3.26. The van der Waals surface area contributed by atoms with Gasteiger partial charge in [0.15, 0.2) is 11.6 Å². The van der Waals surface area contributed by atoms with Crippen LogP contribution >= 0.6 is 0 Å². The van der Waals surface area contributed by atoms with Crippen molar-refractivity contribution >= 4 is 0 Å². The van der Waals surface area contributed by atoms with Gasteiger partial charge < -0.3 is 14.8 Å². The van der Waals surface area contributed by atoms with E-state index in [1.54, 1.807) is 24.3 Å². The number of halogens is 4. The Morgan fingerprint density at radius 2 is 1.63 bits per heavy atom. The van der Waals surface area contributed by atoms with Crippen molar-refractivity contribution in [2.45, 2.75) is 12.4 Å². The van der Waals surface area contributed by atoms with Crippen LogP contribution in [-0.4, -0.2) is 44.6 Å². The van der Waals surface area contributed by atoms with E-state index in [4.69, 9.17) is 4.74 Å². The molecule has 0 aromatic heterocycles. The van der Waals surface area contributed by atoms with Crippen LogP contribution in [0.4, 0.5) is 17.6 Å². The fraction of sp³-hybridized carbons (Fsp3) is 0.368. The van der Waals surface area contributed by atoms with Crippen molar-refractivity contribution in [1.29, 1.82) is 0 Å². The van der Waals surface area contributed by atoms with Gasteiger partial charge in [-0.2, -0.15) is 0 Å². The van der Waals surface area contributed by atoms with Crippen LogP contribution in [0.1, 0.15) is 17.2 Å². The van der Waals surface area contributed by atoms with Gasteiger partial charge in [0.2, 0.25) is 0 Å². The predicted octanol–water partition coefficient (Wildman–Crippen LogP) is 3.73. The SMILES string of the molecule is COc1ccc([C@H](c2ccc(OC(F)(F)F)cc2)N2CCNCC2)cc1F. The van der Waals surface area contributed by atoms with Gasteiger partial charge in [0.25, 0.3) is 0 Å². The second-order valence-electron chi connectivity index (χ2n) is 6.20. The topological polar surface area (TPSA) is 33.7 Å². The molecule has 2 aromatic carbocycles. The summed E-state index contributed by atoms with van der Waals surface area (Å²) in [6.45, 7) is 3.03. The summed E-state index contributed by atoms with van der Waals surface area (Å²) in [5.41, 5.74) is 1.47. The second-order valence-corrected chi connectivity index (χ2v) is 6.20. The van der Waals surface area contributed by atoms with Crippen LogP contribution in [0.15, 0.2) is 42.5 Å². The monoisotopic (exact) mass is 384 g/mol. The van der Waals surface area contributed by atoms with Gasteiger partial charge in [-0.3, -0.25) is 4.90 Å². The molecule has 1 N–H and O–H groups in total. The van der Waals surface area contributed by atoms with Gasteiger partial charge in [-0.05, 0) is 35.4 Å². The highest BCUT2D eigenvalue weighted by Gasteiger charge is 2.31. The Hall–Kier alpha value is -2.32. The smallest absolute Gasteiger partial charge is 0.494 e. The largest absolute Gasteiger partial charge is 0.573 e. The summed E-state index contributed by atoms with van der Waals surface area (Å²) in [6, 6.07) is 10.2. The molecule has 0 spiro atoms. The van der Waals surface area contributed by atoms with Crippen LogP contribution in [0.2, 0.25) is 0 Å². The number of rotatable bonds is 5. The summed E-state index contributed by atoms with van der Waals surface area (Å²) in [5, 5.41) is 3.26. The van der Waals surface area contributed by atoms with Crippen molar-refractivity contribution in [3.8, 4) is 11.5 Å². The van der Waals surface area contributed by atoms with Crippen LogP contribution in [0.25, 0.3) is 0 Å². The fourth-order valence-electron chi connectivity index (χ4n) is 3.26. The lowest BCUT2D eigenvalue weighted by Gasteiger charge is -2.35. The van der Waals surface area contributed by atoms with Gasteiger partial charge >= 0.3 is 6.36 Å². The molecule has 1 fully saturated rings. The third kappa shape index (κ3) is 4.90. The Kier molecular flexibility index (Phi) is 5.86. The molecule has 0 amide bonds. The number of alkyl halides is 3. The molecule has 2 aromatic rings. The van der Waals surface area contributed by atoms with Crippen LogP contribution < -0.4 is 14.8 Å². The summed E-state index contributed by atoms with van der Waals surface area (Å²) in [7, 11) is 1.39. The molecule has 0 bridgehead atoms. The molecule has 3 rings (SSSR count). The molecule has 8 heteroatoms. The third-order valence-electron chi connectivity index (χ3n) is 4.44. The molecule has 1 saturated heterocycles. The highest BCUT2D eigenvalue weighted by Crippen LogP contribution is 2.33. The number of benzene rings is 2. The van der Waals surface area contributed by atoms with E-state index >= 15 is 0 Å². The minimum atomic E-state index is -4.74. The lowest BCUT2D eigenvalue weighted by atomic mass is 9.96. The maximum atomic E-state index is 14.2. The highest BCUT2D eigenvalue weighted by molar-refractivity contribution is 5.38. The minimum Gasteiger partial charge on any atom is -0.494 e. The molecular formula is C19H20F4N2O2. The Morgan fingerprint density at radius 1 is 1.00 bits per heavy atom. The van der Waals surface area contributed by atoms with Crippen LogP contribution in [-0.2, 0) is 0 Å². The minimum absolute atomic E-state index is 0.145. The molecule has 0 saturated carbocycles. The number of piperazine rings is 1. The summed E-state index contributed by atoms with van der Waals surface area (Å²) in [5.74, 6) is -0.620. The highest BCUT2D eigenvalue weighted by atomic mass is 19.4. The van der Waals surface area contributed by atoms with Crippen molar-refractivity contribution in [2.24, 2.45) is 0 Å². The lowest BCUT2D eigenvalue weighted by molar-refractivity contribution is -0.274. The zero-order chi connectivity index (χ0) is 19.4. The summed E-state index contributed by atoms with van der Waals surface area (Å²) in [4.78, 5) is 2.16. The second kappa shape index (κ2) is 8.14. The number of methoxy groups -OCH3 is 1. The van der Waals surface area contributed by atoms with Crippen molar-refractivity contribution in [3.63, 3.8) is 0 Å². The standard InChI is InChI=1S/C19H20F4N2O2/c1-26-17-7-4-14(12-16(17)20)18(25-10-8-24-9-11-25)13-2-5-15(6-3-13)27-19(21,22)23/h2-7,12,18,24H,8-11H2,1H3/t18-/m0/s1. The molecule has 27 heavy (non-hydrogen) atoms. The van der Waals surface area contributed by atoms with Gasteiger partial charge in [0.05, 0.1) is 13.2 Å². The molecule has 146 valence electrons. The number of nitrogens with one attached hydrogen (secondary N) is 1. The summed E-state index contributed by atoms with van der Waals surface area (Å²) in [6.07, 6.45) is -4.74. The van der Waals surface area contributed by atoms with Crippen LogP contribution in [0, 0.1) is 5.82 Å². The average Bonchev–Trinajstić information content (AvgIpc) is 2.63. The van der Waals surface area contributed by atoms with E-state index in [-0.39, 0.29) is 17.5 Å². The van der Waals surface area contributed by atoms with E-state index in [1.165, 1.54) is 25.3 Å². The first kappa shape index (κ1) is 19.4. The van der Waals surface area contributed by atoms with Gasteiger partial charge in [-0.25, -0.2) is 4.39 Å². The first-order valence-electron chi connectivity index (χ1n) is 8.51. The molecule has 1 aliphatic heterocycles. The molecule has 1 aliphatic rings. The first-order valence-corrected chi connectivity index (χ1v) is 8.51. The number of nitrogens with zero attached hydrogens (tertiary/aromatic N) is 1. The van der Waals surface area contributed by atoms with Gasteiger partial charge in [-0.15, -0.1) is 13.2 Å². The Balaban J connectivity index is 1.93. The van der Waals surface area contributed by atoms with Crippen molar-refractivity contribution in [3.05, 3.63) is 59.4 Å². The normalized spacial score (nSPS) is 16.8. The zero-order valence-electron chi connectivity index (χ0n) is 14.7. The maximum Gasteiger partial charge on any atom is 0.573 e. The number of hydrogen-bond donors (Lipinski definition) is 1. The number of hydrogen-bond acceptors (Lipinski definition) is 4. The van der Waals surface area contributed by atoms with E-state index < -0.39 is 12.2 Å². The van der Waals surface area contributed by atoms with Crippen LogP contribution in [0.5, 0.6) is 11.5 Å². The average molecular weight is 384 g/mol. The number of ether oxygens (including phenoxy) is 2. The predicted molar refractivity (Wildman–Crippen MR) is 92.4 cm³/mol. The molecule has 0 unspecified atom stereocenters. The Labute approximate surface area is 154 Å². The lowest BCUT2D eigenvalue weighted by Crippen LogP contribution is -2.45. The maximum absolute atomic E-state index is 14.2. The van der Waals surface area contributed by atoms with Crippen LogP contribution in [0.3, 0.4) is 0 Å². The van der Waals surface area contributed by atoms with Gasteiger partial charge in [0, 0.05) is 26.2 Å². The summed E-state index contributed by atoms with van der Waals surface area (Å²) < 4.78 is 60.3. The van der Waals surface area contributed by atoms with E-state index in [9.17, 15) is 17.6 Å². The Morgan fingerprint density at radius 3 is 2.19 bits per heavy atom. The van der Waals surface area contributed by atoms with E-state index in [0.29, 0.717) is 5.56 Å². The first-order chi connectivity index (χ1) is 12.9. The van der Waals surface area contributed by atoms with E-state index in [1.807, 2.05) is 0 Å². The van der Waals surface area contributed by atoms with Gasteiger partial charge in [0.1, 0.15) is 5.75 Å². The Bertz CT molecular complexity index is 759. The molecular weight excluding hydrogens is 364 g/mol. The summed E-state index contributed by atoms with van der Waals surface area (Å²) >= 11 is 0. The van der Waals surface area contributed by atoms with E-state index in [2.05, 4.69) is 15.0 Å². The van der Waals surface area contributed by atoms with Crippen molar-refractivity contribution in [1.82, 2.24) is 10.2 Å². The third-order valence-corrected chi connectivity index (χ3v) is 4.44. The molecule has 4 nitrogen and oxygen atoms in total. The van der Waals surface area contributed by atoms with Crippen molar-refractivity contribution in [2.75, 3.05) is 33.3 Å². The van der Waals surface area contributed by atoms with Gasteiger partial charge in [-0.1, -0.05) is 18.2 Å². The van der Waals surface area contributed by atoms with E-state index in [0.717, 1.165) is 31.7 Å². The quantitative estimate of drug-likeness (QED) is 0.797. The molecule has 0 aliphatic carbocycles. The molecule has 1 atom stereocenters. The molecule has 1 heterocycles. The molecule has 0 radical (unpaired) electrons. The van der Waals surface area contributed by atoms with Crippen molar-refractivity contribution < 1.29 is 27.0 Å².